The molecule has 0 fully saturated rings. The fraction of sp³-hybridized carbons (Fsp3) is 0.929. The van der Waals surface area contributed by atoms with Crippen LogP contribution in [0.2, 0.25) is 0 Å². The molecule has 200 valence electrons. The van der Waals surface area contributed by atoms with Crippen molar-refractivity contribution in [2.75, 3.05) is 0 Å². The van der Waals surface area contributed by atoms with Crippen molar-refractivity contribution in [3.63, 3.8) is 0 Å². The van der Waals surface area contributed by atoms with Gasteiger partial charge in [0.15, 0.2) is 0 Å². The third-order valence-electron chi connectivity index (χ3n) is 5.99. The highest BCUT2D eigenvalue weighted by Crippen LogP contribution is 2.12. The van der Waals surface area contributed by atoms with E-state index in [9.17, 15) is 9.59 Å². The van der Waals surface area contributed by atoms with Crippen LogP contribution in [0.25, 0.3) is 0 Å². The van der Waals surface area contributed by atoms with Crippen molar-refractivity contribution < 1.29 is 25.3 Å². The van der Waals surface area contributed by atoms with Gasteiger partial charge in [-0.2, -0.15) is 0 Å². The molecule has 0 spiro atoms. The van der Waals surface area contributed by atoms with Crippen LogP contribution in [0.4, 0.5) is 0 Å². The van der Waals surface area contributed by atoms with E-state index < -0.39 is 11.9 Å². The molecule has 0 rings (SSSR count). The second-order valence-corrected chi connectivity index (χ2v) is 9.36. The van der Waals surface area contributed by atoms with E-state index in [1.165, 1.54) is 116 Å². The van der Waals surface area contributed by atoms with Crippen molar-refractivity contribution in [2.24, 2.45) is 0 Å². The van der Waals surface area contributed by atoms with Gasteiger partial charge in [-0.15, -0.1) is 0 Å². The molecule has 0 saturated heterocycles. The van der Waals surface area contributed by atoms with E-state index in [1.54, 1.807) is 0 Å². The molecule has 4 N–H and O–H groups in total. The summed E-state index contributed by atoms with van der Waals surface area (Å²) in [4.78, 5) is 20.5. The van der Waals surface area contributed by atoms with Gasteiger partial charge in [-0.25, -0.2) is 0 Å². The Morgan fingerprint density at radius 3 is 0.758 bits per heavy atom. The lowest BCUT2D eigenvalue weighted by atomic mass is 10.1. The van der Waals surface area contributed by atoms with Crippen LogP contribution in [0.3, 0.4) is 0 Å². The average molecular weight is 475 g/mol. The molecule has 0 radical (unpaired) electrons. The monoisotopic (exact) mass is 474 g/mol. The van der Waals surface area contributed by atoms with Gasteiger partial charge in [0.2, 0.25) is 0 Å². The molecule has 5 nitrogen and oxygen atoms in total. The summed E-state index contributed by atoms with van der Waals surface area (Å²) in [5.74, 6) is -1.31. The molecule has 0 aromatic carbocycles. The standard InChI is InChI=1S/2C14H28O2.H2O/c2*1-2-3-4-5-6-7-8-9-10-11-12-13-14(15)16;/h2*2-13H2,1H3,(H,15,16);1H2. The average Bonchev–Trinajstić information content (AvgIpc) is 2.76. The lowest BCUT2D eigenvalue weighted by molar-refractivity contribution is -0.138. The lowest BCUT2D eigenvalue weighted by Gasteiger charge is -2.01. The van der Waals surface area contributed by atoms with Gasteiger partial charge >= 0.3 is 11.9 Å². The van der Waals surface area contributed by atoms with Gasteiger partial charge in [0, 0.05) is 12.8 Å². The number of aliphatic carboxylic acids is 2. The first-order chi connectivity index (χ1) is 15.5. The zero-order chi connectivity index (χ0) is 24.1. The maximum absolute atomic E-state index is 10.3. The van der Waals surface area contributed by atoms with Gasteiger partial charge in [0.25, 0.3) is 0 Å². The number of rotatable bonds is 24. The number of hydrogen-bond acceptors (Lipinski definition) is 2. The van der Waals surface area contributed by atoms with Crippen molar-refractivity contribution in [3.05, 3.63) is 0 Å². The minimum Gasteiger partial charge on any atom is -0.481 e. The van der Waals surface area contributed by atoms with Crippen LogP contribution in [0, 0.1) is 0 Å². The Morgan fingerprint density at radius 1 is 0.394 bits per heavy atom. The van der Waals surface area contributed by atoms with Gasteiger partial charge < -0.3 is 15.7 Å². The van der Waals surface area contributed by atoms with E-state index >= 15 is 0 Å². The Morgan fingerprint density at radius 2 is 0.576 bits per heavy atom. The van der Waals surface area contributed by atoms with Gasteiger partial charge in [-0.1, -0.05) is 142 Å². The molecule has 5 heteroatoms. The maximum atomic E-state index is 10.3. The third kappa shape index (κ3) is 41.6. The molecule has 0 atom stereocenters. The zero-order valence-corrected chi connectivity index (χ0v) is 22.2. The Bertz CT molecular complexity index is 348. The molecule has 0 heterocycles. The van der Waals surface area contributed by atoms with Crippen molar-refractivity contribution in [1.29, 1.82) is 0 Å². The van der Waals surface area contributed by atoms with Gasteiger partial charge in [0.05, 0.1) is 0 Å². The van der Waals surface area contributed by atoms with E-state index in [1.807, 2.05) is 0 Å². The largest absolute Gasteiger partial charge is 0.481 e. The SMILES string of the molecule is CCCCCCCCCCCCCC(=O)O.CCCCCCCCCCCCCC(=O)O.O. The third-order valence-corrected chi connectivity index (χ3v) is 5.99. The highest BCUT2D eigenvalue weighted by molar-refractivity contribution is 5.66. The molecule has 0 amide bonds. The Labute approximate surface area is 205 Å². The first-order valence-electron chi connectivity index (χ1n) is 14.0. The molecule has 0 saturated carbocycles. The number of carboxylic acids is 2. The summed E-state index contributed by atoms with van der Waals surface area (Å²) in [7, 11) is 0. The molecule has 0 bridgehead atoms. The predicted molar refractivity (Wildman–Crippen MR) is 141 cm³/mol. The number of carbonyl (C=O) groups is 2. The minimum absolute atomic E-state index is 0. The molecular weight excluding hydrogens is 416 g/mol. The highest BCUT2D eigenvalue weighted by Gasteiger charge is 1.97. The quantitative estimate of drug-likeness (QED) is 0.136. The van der Waals surface area contributed by atoms with E-state index in [0.29, 0.717) is 12.8 Å². The lowest BCUT2D eigenvalue weighted by Crippen LogP contribution is -1.93. The molecule has 0 aliphatic carbocycles. The smallest absolute Gasteiger partial charge is 0.303 e. The summed E-state index contributed by atoms with van der Waals surface area (Å²) >= 11 is 0. The van der Waals surface area contributed by atoms with E-state index in [4.69, 9.17) is 10.2 Å². The van der Waals surface area contributed by atoms with Crippen LogP contribution in [0.5, 0.6) is 0 Å². The Hall–Kier alpha value is -1.10. The zero-order valence-electron chi connectivity index (χ0n) is 22.2. The summed E-state index contributed by atoms with van der Waals surface area (Å²) in [6.07, 6.45) is 28.7. The first kappa shape index (κ1) is 36.5. The molecular formula is C28H58O5. The Kier molecular flexibility index (Phi) is 36.6. The van der Waals surface area contributed by atoms with Gasteiger partial charge in [0.1, 0.15) is 0 Å². The van der Waals surface area contributed by atoms with Crippen LogP contribution in [0.1, 0.15) is 168 Å². The number of carboxylic acid groups (broad SMARTS) is 2. The summed E-state index contributed by atoms with van der Waals surface area (Å²) in [6, 6.07) is 0. The van der Waals surface area contributed by atoms with Crippen molar-refractivity contribution in [3.8, 4) is 0 Å². The van der Waals surface area contributed by atoms with Crippen LogP contribution in [0.15, 0.2) is 0 Å². The van der Waals surface area contributed by atoms with Crippen LogP contribution in [-0.2, 0) is 9.59 Å². The number of unbranched alkanes of at least 4 members (excludes halogenated alkanes) is 20. The van der Waals surface area contributed by atoms with Crippen LogP contribution >= 0.6 is 0 Å². The van der Waals surface area contributed by atoms with Crippen LogP contribution in [-0.4, -0.2) is 27.6 Å². The van der Waals surface area contributed by atoms with Crippen molar-refractivity contribution in [1.82, 2.24) is 0 Å². The second kappa shape index (κ2) is 33.1. The molecule has 0 unspecified atom stereocenters. The second-order valence-electron chi connectivity index (χ2n) is 9.36. The summed E-state index contributed by atoms with van der Waals surface area (Å²) in [5.41, 5.74) is 0. The van der Waals surface area contributed by atoms with Crippen LogP contribution < -0.4 is 0 Å². The summed E-state index contributed by atoms with van der Waals surface area (Å²) in [5, 5.41) is 16.9. The van der Waals surface area contributed by atoms with Crippen molar-refractivity contribution in [2.45, 2.75) is 168 Å². The van der Waals surface area contributed by atoms with Gasteiger partial charge in [-0.3, -0.25) is 9.59 Å². The molecule has 0 aliphatic heterocycles. The maximum Gasteiger partial charge on any atom is 0.303 e. The predicted octanol–water partition coefficient (Wildman–Crippen LogP) is 8.72. The first-order valence-corrected chi connectivity index (χ1v) is 14.0. The molecule has 0 aromatic rings. The van der Waals surface area contributed by atoms with E-state index in [0.717, 1.165) is 25.7 Å². The topological polar surface area (TPSA) is 106 Å². The Balaban J connectivity index is -0.000000529. The number of hydrogen-bond donors (Lipinski definition) is 2. The summed E-state index contributed by atoms with van der Waals surface area (Å²) < 4.78 is 0. The molecule has 33 heavy (non-hydrogen) atoms. The normalized spacial score (nSPS) is 10.2. The minimum atomic E-state index is -0.657. The van der Waals surface area contributed by atoms with Crippen molar-refractivity contribution >= 4 is 11.9 Å². The summed E-state index contributed by atoms with van der Waals surface area (Å²) in [6.45, 7) is 4.49. The van der Waals surface area contributed by atoms with E-state index in [-0.39, 0.29) is 5.48 Å². The highest BCUT2D eigenvalue weighted by atomic mass is 16.4. The van der Waals surface area contributed by atoms with Gasteiger partial charge in [-0.05, 0) is 12.8 Å². The fourth-order valence-electron chi connectivity index (χ4n) is 3.88. The molecule has 0 aliphatic rings. The fourth-order valence-corrected chi connectivity index (χ4v) is 3.88. The molecule has 0 aromatic heterocycles. The van der Waals surface area contributed by atoms with E-state index in [2.05, 4.69) is 13.8 Å².